The van der Waals surface area contributed by atoms with Gasteiger partial charge in [0.2, 0.25) is 0 Å². The lowest BCUT2D eigenvalue weighted by molar-refractivity contribution is -0.385. The Balaban J connectivity index is 1.59. The number of hydrogen-bond donors (Lipinski definition) is 1. The highest BCUT2D eigenvalue weighted by molar-refractivity contribution is 6.31. The molecule has 1 heterocycles. The molecule has 0 aliphatic rings. The average Bonchev–Trinajstić information content (AvgIpc) is 3.01. The molecule has 1 amide bonds. The van der Waals surface area contributed by atoms with Crippen molar-refractivity contribution in [3.63, 3.8) is 0 Å². The lowest BCUT2D eigenvalue weighted by Gasteiger charge is -2.07. The van der Waals surface area contributed by atoms with Crippen molar-refractivity contribution in [2.45, 2.75) is 13.0 Å². The fourth-order valence-electron chi connectivity index (χ4n) is 2.58. The molecule has 0 bridgehead atoms. The number of aryl methyl sites for hydroxylation is 1. The Morgan fingerprint density at radius 1 is 1.28 bits per heavy atom. The molecule has 0 saturated carbocycles. The highest BCUT2D eigenvalue weighted by Gasteiger charge is 2.20. The molecular formula is C17H15ClN4O3. The maximum Gasteiger partial charge on any atom is 0.283 e. The standard InChI is InChI=1S/C17H15ClN4O3/c18-12-6-7-13(16(10-12)22(24)25)17(23)19-8-3-9-21-11-20-14-4-1-2-5-15(14)21/h1-2,4-7,10-11H,3,8-9H2,(H,19,23). The zero-order chi connectivity index (χ0) is 17.8. The zero-order valence-electron chi connectivity index (χ0n) is 13.2. The van der Waals surface area contributed by atoms with E-state index in [2.05, 4.69) is 10.3 Å². The van der Waals surface area contributed by atoms with Gasteiger partial charge in [-0.15, -0.1) is 0 Å². The van der Waals surface area contributed by atoms with Gasteiger partial charge in [-0.2, -0.15) is 0 Å². The van der Waals surface area contributed by atoms with E-state index in [1.165, 1.54) is 18.2 Å². The number of benzene rings is 2. The van der Waals surface area contributed by atoms with Gasteiger partial charge in [0.1, 0.15) is 5.56 Å². The quantitative estimate of drug-likeness (QED) is 0.415. The number of nitrogens with one attached hydrogen (secondary N) is 1. The molecule has 3 rings (SSSR count). The van der Waals surface area contributed by atoms with Crippen LogP contribution in [-0.4, -0.2) is 26.9 Å². The third kappa shape index (κ3) is 3.77. The number of nitrogens with zero attached hydrogens (tertiary/aromatic N) is 3. The number of carbonyl (C=O) groups is 1. The van der Waals surface area contributed by atoms with Gasteiger partial charge in [-0.05, 0) is 30.7 Å². The number of para-hydroxylation sites is 2. The second kappa shape index (κ2) is 7.31. The predicted octanol–water partition coefficient (Wildman–Crippen LogP) is 3.42. The second-order valence-corrected chi connectivity index (χ2v) is 5.89. The van der Waals surface area contributed by atoms with E-state index in [4.69, 9.17) is 11.6 Å². The van der Waals surface area contributed by atoms with Gasteiger partial charge in [0, 0.05) is 24.2 Å². The monoisotopic (exact) mass is 358 g/mol. The fourth-order valence-corrected chi connectivity index (χ4v) is 2.75. The fraction of sp³-hybridized carbons (Fsp3) is 0.176. The van der Waals surface area contributed by atoms with Crippen LogP contribution in [0.2, 0.25) is 5.02 Å². The van der Waals surface area contributed by atoms with Crippen LogP contribution < -0.4 is 5.32 Å². The van der Waals surface area contributed by atoms with E-state index < -0.39 is 10.8 Å². The number of aromatic nitrogens is 2. The van der Waals surface area contributed by atoms with E-state index in [0.29, 0.717) is 19.5 Å². The minimum Gasteiger partial charge on any atom is -0.352 e. The molecule has 0 saturated heterocycles. The van der Waals surface area contributed by atoms with Crippen LogP contribution in [0.1, 0.15) is 16.8 Å². The third-order valence-corrected chi connectivity index (χ3v) is 4.02. The van der Waals surface area contributed by atoms with Crippen molar-refractivity contribution in [1.82, 2.24) is 14.9 Å². The lowest BCUT2D eigenvalue weighted by atomic mass is 10.1. The predicted molar refractivity (Wildman–Crippen MR) is 94.8 cm³/mol. The number of fused-ring (bicyclic) bond motifs is 1. The Bertz CT molecular complexity index is 939. The molecule has 0 unspecified atom stereocenters. The van der Waals surface area contributed by atoms with Gasteiger partial charge in [-0.3, -0.25) is 14.9 Å². The molecule has 1 N–H and O–H groups in total. The van der Waals surface area contributed by atoms with Gasteiger partial charge in [0.15, 0.2) is 0 Å². The molecule has 0 atom stereocenters. The van der Waals surface area contributed by atoms with Crippen molar-refractivity contribution in [2.24, 2.45) is 0 Å². The molecule has 3 aromatic rings. The summed E-state index contributed by atoms with van der Waals surface area (Å²) in [7, 11) is 0. The Morgan fingerprint density at radius 2 is 2.08 bits per heavy atom. The summed E-state index contributed by atoms with van der Waals surface area (Å²) in [6.45, 7) is 1.08. The van der Waals surface area contributed by atoms with Crippen LogP contribution in [0.5, 0.6) is 0 Å². The normalized spacial score (nSPS) is 10.8. The van der Waals surface area contributed by atoms with Crippen molar-refractivity contribution >= 4 is 34.2 Å². The van der Waals surface area contributed by atoms with E-state index in [1.54, 1.807) is 6.33 Å². The van der Waals surface area contributed by atoms with Crippen molar-refractivity contribution in [1.29, 1.82) is 0 Å². The molecule has 0 aliphatic carbocycles. The van der Waals surface area contributed by atoms with Crippen molar-refractivity contribution < 1.29 is 9.72 Å². The summed E-state index contributed by atoms with van der Waals surface area (Å²) >= 11 is 5.75. The number of amides is 1. The van der Waals surface area contributed by atoms with Gasteiger partial charge in [-0.25, -0.2) is 4.98 Å². The highest BCUT2D eigenvalue weighted by atomic mass is 35.5. The Kier molecular flexibility index (Phi) is 4.95. The number of nitro benzene ring substituents is 1. The first-order chi connectivity index (χ1) is 12.1. The molecule has 7 nitrogen and oxygen atoms in total. The van der Waals surface area contributed by atoms with Crippen molar-refractivity contribution in [3.05, 3.63) is 69.5 Å². The second-order valence-electron chi connectivity index (χ2n) is 5.45. The van der Waals surface area contributed by atoms with Crippen molar-refractivity contribution in [2.75, 3.05) is 6.54 Å². The van der Waals surface area contributed by atoms with Gasteiger partial charge >= 0.3 is 0 Å². The molecule has 0 radical (unpaired) electrons. The van der Waals surface area contributed by atoms with Crippen molar-refractivity contribution in [3.8, 4) is 0 Å². The Morgan fingerprint density at radius 3 is 2.88 bits per heavy atom. The molecule has 2 aromatic carbocycles. The lowest BCUT2D eigenvalue weighted by Crippen LogP contribution is -2.26. The third-order valence-electron chi connectivity index (χ3n) is 3.79. The molecule has 128 valence electrons. The van der Waals surface area contributed by atoms with E-state index in [0.717, 1.165) is 11.0 Å². The summed E-state index contributed by atoms with van der Waals surface area (Å²) in [5.41, 5.74) is 1.65. The first kappa shape index (κ1) is 16.9. The summed E-state index contributed by atoms with van der Waals surface area (Å²) < 4.78 is 2.01. The molecule has 1 aromatic heterocycles. The van der Waals surface area contributed by atoms with E-state index in [9.17, 15) is 14.9 Å². The SMILES string of the molecule is O=C(NCCCn1cnc2ccccc21)c1ccc(Cl)cc1[N+](=O)[O-]. The first-order valence-corrected chi connectivity index (χ1v) is 8.06. The number of carbonyl (C=O) groups excluding carboxylic acids is 1. The zero-order valence-corrected chi connectivity index (χ0v) is 13.9. The number of rotatable bonds is 6. The highest BCUT2D eigenvalue weighted by Crippen LogP contribution is 2.23. The smallest absolute Gasteiger partial charge is 0.283 e. The number of halogens is 1. The maximum atomic E-state index is 12.2. The molecule has 0 aliphatic heterocycles. The number of hydrogen-bond acceptors (Lipinski definition) is 4. The van der Waals surface area contributed by atoms with Crippen LogP contribution in [0.4, 0.5) is 5.69 Å². The Hall–Kier alpha value is -2.93. The van der Waals surface area contributed by atoms with E-state index in [1.807, 2.05) is 28.8 Å². The summed E-state index contributed by atoms with van der Waals surface area (Å²) in [4.78, 5) is 26.9. The molecular weight excluding hydrogens is 344 g/mol. The molecule has 0 fully saturated rings. The van der Waals surface area contributed by atoms with Crippen LogP contribution >= 0.6 is 11.6 Å². The Labute approximate surface area is 148 Å². The van der Waals surface area contributed by atoms with Crippen LogP contribution in [0.15, 0.2) is 48.8 Å². The summed E-state index contributed by atoms with van der Waals surface area (Å²) in [6.07, 6.45) is 2.43. The van der Waals surface area contributed by atoms with E-state index >= 15 is 0 Å². The summed E-state index contributed by atoms with van der Waals surface area (Å²) in [5, 5.41) is 14.0. The number of nitro groups is 1. The van der Waals surface area contributed by atoms with Crippen LogP contribution in [0, 0.1) is 10.1 Å². The first-order valence-electron chi connectivity index (χ1n) is 7.68. The van der Waals surface area contributed by atoms with Crippen LogP contribution in [0.3, 0.4) is 0 Å². The molecule has 0 spiro atoms. The number of imidazole rings is 1. The average molecular weight is 359 g/mol. The minimum absolute atomic E-state index is 0.00230. The molecule has 8 heteroatoms. The summed E-state index contributed by atoms with van der Waals surface area (Å²) in [5.74, 6) is -0.487. The van der Waals surface area contributed by atoms with Gasteiger partial charge < -0.3 is 9.88 Å². The van der Waals surface area contributed by atoms with Gasteiger partial charge in [0.25, 0.3) is 11.6 Å². The summed E-state index contributed by atoms with van der Waals surface area (Å²) in [6, 6.07) is 11.8. The van der Waals surface area contributed by atoms with Crippen LogP contribution in [0.25, 0.3) is 11.0 Å². The van der Waals surface area contributed by atoms with Gasteiger partial charge in [0.05, 0.1) is 22.3 Å². The van der Waals surface area contributed by atoms with Crippen LogP contribution in [-0.2, 0) is 6.54 Å². The topological polar surface area (TPSA) is 90.1 Å². The largest absolute Gasteiger partial charge is 0.352 e. The minimum atomic E-state index is -0.613. The van der Waals surface area contributed by atoms with E-state index in [-0.39, 0.29) is 16.3 Å². The molecule has 25 heavy (non-hydrogen) atoms. The maximum absolute atomic E-state index is 12.2. The van der Waals surface area contributed by atoms with Gasteiger partial charge in [-0.1, -0.05) is 23.7 Å².